The Balaban J connectivity index is 2.19. The standard InChI is InChI=1S/C22H29N3O5S/c23-18(11-12-31(28,29)30)21(26)17(13-15-7-3-1-4-8-15)20(25)22(27)19(24)14-16-9-5-2-6-10-16/h1-10,17-20H,11-14,23-25H2,(H,28,29,30). The predicted octanol–water partition coefficient (Wildman–Crippen LogP) is 0.486. The molecule has 0 radical (unpaired) electrons. The Morgan fingerprint density at radius 2 is 1.26 bits per heavy atom. The highest BCUT2D eigenvalue weighted by Crippen LogP contribution is 2.18. The second-order valence-corrected chi connectivity index (χ2v) is 9.18. The van der Waals surface area contributed by atoms with Gasteiger partial charge in [-0.25, -0.2) is 0 Å². The number of benzene rings is 2. The molecule has 0 amide bonds. The molecule has 8 nitrogen and oxygen atoms in total. The summed E-state index contributed by atoms with van der Waals surface area (Å²) in [7, 11) is -4.27. The van der Waals surface area contributed by atoms with Gasteiger partial charge in [0, 0.05) is 5.92 Å². The van der Waals surface area contributed by atoms with Gasteiger partial charge in [-0.15, -0.1) is 0 Å². The van der Waals surface area contributed by atoms with Gasteiger partial charge in [0.25, 0.3) is 10.1 Å². The van der Waals surface area contributed by atoms with Gasteiger partial charge in [0.05, 0.1) is 23.9 Å². The second-order valence-electron chi connectivity index (χ2n) is 7.60. The number of nitrogens with two attached hydrogens (primary N) is 3. The first-order valence-corrected chi connectivity index (χ1v) is 11.6. The second kappa shape index (κ2) is 11.3. The van der Waals surface area contributed by atoms with Gasteiger partial charge in [0.1, 0.15) is 0 Å². The van der Waals surface area contributed by atoms with Crippen LogP contribution < -0.4 is 17.2 Å². The molecule has 2 rings (SSSR count). The summed E-state index contributed by atoms with van der Waals surface area (Å²) in [6.07, 6.45) is 0.151. The van der Waals surface area contributed by atoms with Gasteiger partial charge in [-0.05, 0) is 30.4 Å². The van der Waals surface area contributed by atoms with E-state index >= 15 is 0 Å². The molecule has 9 heteroatoms. The van der Waals surface area contributed by atoms with Crippen LogP contribution in [0.2, 0.25) is 0 Å². The first-order valence-electron chi connectivity index (χ1n) is 9.95. The van der Waals surface area contributed by atoms with Crippen molar-refractivity contribution >= 4 is 21.7 Å². The van der Waals surface area contributed by atoms with Crippen LogP contribution in [0.5, 0.6) is 0 Å². The van der Waals surface area contributed by atoms with Crippen molar-refractivity contribution < 1.29 is 22.6 Å². The molecule has 0 aliphatic rings. The zero-order chi connectivity index (χ0) is 23.0. The molecule has 2 aromatic rings. The molecule has 0 saturated carbocycles. The maximum atomic E-state index is 13.0. The number of rotatable bonds is 12. The molecule has 0 heterocycles. The molecule has 4 atom stereocenters. The molecule has 0 aliphatic carbocycles. The Morgan fingerprint density at radius 3 is 1.74 bits per heavy atom. The molecule has 31 heavy (non-hydrogen) atoms. The number of Topliss-reactive ketones (excluding diaryl/α,β-unsaturated/α-hetero) is 2. The van der Waals surface area contributed by atoms with Crippen molar-refractivity contribution in [1.82, 2.24) is 0 Å². The fourth-order valence-corrected chi connectivity index (χ4v) is 3.93. The molecule has 0 fully saturated rings. The summed E-state index contributed by atoms with van der Waals surface area (Å²) in [5.74, 6) is -2.65. The van der Waals surface area contributed by atoms with Crippen LogP contribution in [-0.4, -0.2) is 48.4 Å². The highest BCUT2D eigenvalue weighted by atomic mass is 32.2. The van der Waals surface area contributed by atoms with Crippen LogP contribution in [-0.2, 0) is 32.5 Å². The normalized spacial score (nSPS) is 15.6. The van der Waals surface area contributed by atoms with Crippen LogP contribution in [0, 0.1) is 5.92 Å². The average molecular weight is 448 g/mol. The lowest BCUT2D eigenvalue weighted by molar-refractivity contribution is -0.130. The number of carbonyl (C=O) groups is 2. The third-order valence-corrected chi connectivity index (χ3v) is 5.89. The first kappa shape index (κ1) is 24.8. The van der Waals surface area contributed by atoms with E-state index in [4.69, 9.17) is 21.8 Å². The number of carbonyl (C=O) groups excluding carboxylic acids is 2. The third-order valence-electron chi connectivity index (χ3n) is 5.14. The lowest BCUT2D eigenvalue weighted by atomic mass is 9.81. The van der Waals surface area contributed by atoms with Gasteiger partial charge < -0.3 is 17.2 Å². The molecular formula is C22H29N3O5S. The first-order chi connectivity index (χ1) is 14.6. The number of hydrogen-bond donors (Lipinski definition) is 4. The maximum absolute atomic E-state index is 13.0. The highest BCUT2D eigenvalue weighted by molar-refractivity contribution is 7.85. The quantitative estimate of drug-likeness (QED) is 0.341. The summed E-state index contributed by atoms with van der Waals surface area (Å²) in [6.45, 7) is 0. The minimum Gasteiger partial charge on any atom is -0.321 e. The maximum Gasteiger partial charge on any atom is 0.264 e. The van der Waals surface area contributed by atoms with Crippen molar-refractivity contribution in [1.29, 1.82) is 0 Å². The summed E-state index contributed by atoms with van der Waals surface area (Å²) in [4.78, 5) is 26.0. The molecule has 168 valence electrons. The third kappa shape index (κ3) is 7.97. The van der Waals surface area contributed by atoms with E-state index in [1.165, 1.54) is 0 Å². The minimum absolute atomic E-state index is 0.157. The van der Waals surface area contributed by atoms with Crippen molar-refractivity contribution in [3.63, 3.8) is 0 Å². The smallest absolute Gasteiger partial charge is 0.264 e. The van der Waals surface area contributed by atoms with Crippen molar-refractivity contribution in [2.24, 2.45) is 23.1 Å². The van der Waals surface area contributed by atoms with E-state index in [1.54, 1.807) is 24.3 Å². The Hall–Kier alpha value is -2.43. The van der Waals surface area contributed by atoms with E-state index in [2.05, 4.69) is 0 Å². The van der Waals surface area contributed by atoms with Crippen molar-refractivity contribution in [3.8, 4) is 0 Å². The average Bonchev–Trinajstić information content (AvgIpc) is 2.75. The minimum atomic E-state index is -4.27. The van der Waals surface area contributed by atoms with Gasteiger partial charge in [0.15, 0.2) is 11.6 Å². The van der Waals surface area contributed by atoms with Crippen LogP contribution >= 0.6 is 0 Å². The van der Waals surface area contributed by atoms with Crippen LogP contribution in [0.15, 0.2) is 60.7 Å². The predicted molar refractivity (Wildman–Crippen MR) is 119 cm³/mol. The van der Waals surface area contributed by atoms with Crippen LogP contribution in [0.3, 0.4) is 0 Å². The van der Waals surface area contributed by atoms with Gasteiger partial charge in [-0.3, -0.25) is 14.1 Å². The molecular weight excluding hydrogens is 418 g/mol. The molecule has 0 bridgehead atoms. The molecule has 0 saturated heterocycles. The van der Waals surface area contributed by atoms with Crippen LogP contribution in [0.1, 0.15) is 17.5 Å². The fourth-order valence-electron chi connectivity index (χ4n) is 3.38. The van der Waals surface area contributed by atoms with Crippen LogP contribution in [0.4, 0.5) is 0 Å². The molecule has 7 N–H and O–H groups in total. The Morgan fingerprint density at radius 1 is 0.774 bits per heavy atom. The van der Waals surface area contributed by atoms with Gasteiger partial charge in [-0.2, -0.15) is 8.42 Å². The monoisotopic (exact) mass is 447 g/mol. The highest BCUT2D eigenvalue weighted by Gasteiger charge is 2.35. The number of ketones is 2. The van der Waals surface area contributed by atoms with Gasteiger partial charge in [-0.1, -0.05) is 60.7 Å². The number of hydrogen-bond acceptors (Lipinski definition) is 7. The van der Waals surface area contributed by atoms with E-state index in [9.17, 15) is 18.0 Å². The summed E-state index contributed by atoms with van der Waals surface area (Å²) in [5, 5.41) is 0. The summed E-state index contributed by atoms with van der Waals surface area (Å²) >= 11 is 0. The summed E-state index contributed by atoms with van der Waals surface area (Å²) in [6, 6.07) is 14.9. The van der Waals surface area contributed by atoms with E-state index in [-0.39, 0.29) is 19.3 Å². The van der Waals surface area contributed by atoms with E-state index in [0.29, 0.717) is 0 Å². The van der Waals surface area contributed by atoms with Gasteiger partial charge >= 0.3 is 0 Å². The lowest BCUT2D eigenvalue weighted by Crippen LogP contribution is -2.53. The van der Waals surface area contributed by atoms with Crippen molar-refractivity contribution in [3.05, 3.63) is 71.8 Å². The molecule has 2 aromatic carbocycles. The summed E-state index contributed by atoms with van der Waals surface area (Å²) < 4.78 is 31.0. The van der Waals surface area contributed by atoms with E-state index in [1.807, 2.05) is 36.4 Å². The SMILES string of the molecule is NC(Cc1ccccc1)C(=O)C(N)C(Cc1ccccc1)C(=O)C(N)CCS(=O)(=O)O. The zero-order valence-corrected chi connectivity index (χ0v) is 17.9. The van der Waals surface area contributed by atoms with Crippen molar-refractivity contribution in [2.45, 2.75) is 37.4 Å². The Kier molecular flexibility index (Phi) is 9.02. The van der Waals surface area contributed by atoms with E-state index in [0.717, 1.165) is 11.1 Å². The largest absolute Gasteiger partial charge is 0.321 e. The summed E-state index contributed by atoms with van der Waals surface area (Å²) in [5.41, 5.74) is 19.8. The van der Waals surface area contributed by atoms with E-state index < -0.39 is 51.5 Å². The van der Waals surface area contributed by atoms with Crippen LogP contribution in [0.25, 0.3) is 0 Å². The van der Waals surface area contributed by atoms with Gasteiger partial charge in [0.2, 0.25) is 0 Å². The Bertz CT molecular complexity index is 967. The topological polar surface area (TPSA) is 167 Å². The molecule has 0 aliphatic heterocycles. The fraction of sp³-hybridized carbons (Fsp3) is 0.364. The molecule has 0 spiro atoms. The molecule has 4 unspecified atom stereocenters. The Labute approximate surface area is 182 Å². The van der Waals surface area contributed by atoms with Crippen molar-refractivity contribution in [2.75, 3.05) is 5.75 Å². The molecule has 0 aromatic heterocycles. The lowest BCUT2D eigenvalue weighted by Gasteiger charge is -2.26. The zero-order valence-electron chi connectivity index (χ0n) is 17.1.